The molecule has 0 fully saturated rings. The molecule has 0 aromatic heterocycles. The van der Waals surface area contributed by atoms with Crippen molar-refractivity contribution in [1.29, 1.82) is 0 Å². The summed E-state index contributed by atoms with van der Waals surface area (Å²) in [5.41, 5.74) is 0. The van der Waals surface area contributed by atoms with E-state index in [9.17, 15) is 43.2 Å². The molecule has 3 unspecified atom stereocenters. The van der Waals surface area contributed by atoms with Crippen LogP contribution < -0.4 is 0 Å². The summed E-state index contributed by atoms with van der Waals surface area (Å²) in [6.07, 6.45) is 41.6. The highest BCUT2D eigenvalue weighted by Crippen LogP contribution is 2.45. The van der Waals surface area contributed by atoms with E-state index in [1.54, 1.807) is 0 Å². The van der Waals surface area contributed by atoms with Gasteiger partial charge in [0.05, 0.1) is 26.4 Å². The van der Waals surface area contributed by atoms with E-state index in [4.69, 9.17) is 37.0 Å². The molecule has 504 valence electrons. The molecule has 0 bridgehead atoms. The molecule has 0 saturated heterocycles. The van der Waals surface area contributed by atoms with Gasteiger partial charge in [-0.2, -0.15) is 0 Å². The van der Waals surface area contributed by atoms with Crippen LogP contribution in [0.1, 0.15) is 330 Å². The summed E-state index contributed by atoms with van der Waals surface area (Å²) in [5.74, 6) is -0.559. The molecule has 0 radical (unpaired) electrons. The molecule has 0 aromatic carbocycles. The van der Waals surface area contributed by atoms with Crippen LogP contribution in [0, 0.1) is 11.8 Å². The van der Waals surface area contributed by atoms with Crippen LogP contribution in [-0.2, 0) is 65.4 Å². The summed E-state index contributed by atoms with van der Waals surface area (Å²) in [6, 6.07) is 0. The lowest BCUT2D eigenvalue weighted by Crippen LogP contribution is -2.30. The highest BCUT2D eigenvalue weighted by molar-refractivity contribution is 7.47. The normalized spacial score (nSPS) is 14.6. The molecule has 0 aliphatic rings. The third-order valence-electron chi connectivity index (χ3n) is 15.6. The van der Waals surface area contributed by atoms with Crippen LogP contribution >= 0.6 is 15.6 Å². The third-order valence-corrected chi connectivity index (χ3v) is 17.5. The van der Waals surface area contributed by atoms with Crippen molar-refractivity contribution in [3.05, 3.63) is 0 Å². The molecule has 0 heterocycles. The zero-order valence-electron chi connectivity index (χ0n) is 54.9. The second-order valence-corrected chi connectivity index (χ2v) is 27.5. The summed E-state index contributed by atoms with van der Waals surface area (Å²) < 4.78 is 68.0. The van der Waals surface area contributed by atoms with E-state index in [0.29, 0.717) is 25.7 Å². The largest absolute Gasteiger partial charge is 0.472 e. The quantitative estimate of drug-likeness (QED) is 0.0222. The number of aliphatic hydroxyl groups is 1. The Labute approximate surface area is 517 Å². The van der Waals surface area contributed by atoms with Crippen molar-refractivity contribution in [2.24, 2.45) is 11.8 Å². The maximum Gasteiger partial charge on any atom is 0.472 e. The minimum atomic E-state index is -4.95. The minimum absolute atomic E-state index is 0.106. The Bertz CT molecular complexity index is 1670. The lowest BCUT2D eigenvalue weighted by atomic mass is 9.99. The smallest absolute Gasteiger partial charge is 0.462 e. The van der Waals surface area contributed by atoms with Gasteiger partial charge in [-0.05, 0) is 37.5 Å². The number of esters is 4. The van der Waals surface area contributed by atoms with E-state index >= 15 is 0 Å². The Hall–Kier alpha value is -1.94. The highest BCUT2D eigenvalue weighted by Gasteiger charge is 2.30. The van der Waals surface area contributed by atoms with Crippen molar-refractivity contribution < 1.29 is 80.2 Å². The first-order valence-electron chi connectivity index (χ1n) is 34.5. The van der Waals surface area contributed by atoms with Crippen LogP contribution in [0.5, 0.6) is 0 Å². The van der Waals surface area contributed by atoms with Gasteiger partial charge in [0.1, 0.15) is 19.3 Å². The third kappa shape index (κ3) is 59.5. The monoisotopic (exact) mass is 1250 g/mol. The van der Waals surface area contributed by atoms with Crippen LogP contribution in [0.15, 0.2) is 0 Å². The van der Waals surface area contributed by atoms with Gasteiger partial charge in [0.2, 0.25) is 0 Å². The molecule has 0 aliphatic heterocycles. The number of phosphoric acid groups is 2. The van der Waals surface area contributed by atoms with Crippen molar-refractivity contribution in [3.8, 4) is 0 Å². The van der Waals surface area contributed by atoms with Crippen LogP contribution in [0.4, 0.5) is 0 Å². The average Bonchev–Trinajstić information content (AvgIpc) is 3.53. The van der Waals surface area contributed by atoms with E-state index in [0.717, 1.165) is 115 Å². The Morgan fingerprint density at radius 1 is 0.341 bits per heavy atom. The summed E-state index contributed by atoms with van der Waals surface area (Å²) in [6.45, 7) is 9.50. The predicted octanol–water partition coefficient (Wildman–Crippen LogP) is 18.4. The molecule has 6 atom stereocenters. The van der Waals surface area contributed by atoms with Gasteiger partial charge in [-0.15, -0.1) is 0 Å². The van der Waals surface area contributed by atoms with E-state index in [2.05, 4.69) is 41.5 Å². The second-order valence-electron chi connectivity index (χ2n) is 24.6. The Kier molecular flexibility index (Phi) is 57.1. The molecule has 19 heteroatoms. The molecular weight excluding hydrogens is 1130 g/mol. The number of ether oxygens (including phenoxy) is 4. The van der Waals surface area contributed by atoms with Crippen LogP contribution in [-0.4, -0.2) is 96.7 Å². The van der Waals surface area contributed by atoms with Gasteiger partial charge >= 0.3 is 39.5 Å². The van der Waals surface area contributed by atoms with Crippen molar-refractivity contribution in [2.75, 3.05) is 39.6 Å². The number of hydrogen-bond donors (Lipinski definition) is 3. The van der Waals surface area contributed by atoms with Crippen LogP contribution in [0.25, 0.3) is 0 Å². The first-order chi connectivity index (χ1) is 40.9. The number of carbonyl (C=O) groups is 4. The number of rotatable bonds is 65. The Morgan fingerprint density at radius 2 is 0.600 bits per heavy atom. The van der Waals surface area contributed by atoms with Crippen molar-refractivity contribution >= 4 is 39.5 Å². The molecule has 0 aliphatic carbocycles. The summed E-state index contributed by atoms with van der Waals surface area (Å²) in [4.78, 5) is 72.2. The highest BCUT2D eigenvalue weighted by atomic mass is 31.2. The van der Waals surface area contributed by atoms with Crippen LogP contribution in [0.3, 0.4) is 0 Å². The summed E-state index contributed by atoms with van der Waals surface area (Å²) in [7, 11) is -9.89. The van der Waals surface area contributed by atoms with Crippen molar-refractivity contribution in [1.82, 2.24) is 0 Å². The molecule has 0 amide bonds. The first-order valence-corrected chi connectivity index (χ1v) is 37.5. The standard InChI is InChI=1S/C66H128O17P2/c1-7-10-12-14-16-17-25-32-38-44-50-65(70)82-61(54-76-63(68)48-42-36-28-15-13-11-8-2)56-80-84(72,73)78-52-60(67)53-79-85(74,75)81-57-62(83-66(71)51-45-39-33-27-20-18-19-23-29-34-40-46-58(4)5)55-77-64(69)49-43-37-31-26-22-21-24-30-35-41-47-59(6)9-3/h58-62,67H,7-57H2,1-6H3,(H,72,73)(H,74,75)/t59?,60-,61+,62+/m0/s1. The van der Waals surface area contributed by atoms with E-state index in [1.807, 2.05) is 0 Å². The summed E-state index contributed by atoms with van der Waals surface area (Å²) >= 11 is 0. The summed E-state index contributed by atoms with van der Waals surface area (Å²) in [5, 5.41) is 10.5. The fraction of sp³-hybridized carbons (Fsp3) is 0.939. The first kappa shape index (κ1) is 83.1. The predicted molar refractivity (Wildman–Crippen MR) is 340 cm³/mol. The molecule has 3 N–H and O–H groups in total. The van der Waals surface area contributed by atoms with Crippen molar-refractivity contribution in [3.63, 3.8) is 0 Å². The molecular formula is C66H128O17P2. The lowest BCUT2D eigenvalue weighted by Gasteiger charge is -2.21. The number of phosphoric ester groups is 2. The molecule has 85 heavy (non-hydrogen) atoms. The molecule has 0 aromatic rings. The van der Waals surface area contributed by atoms with Gasteiger partial charge in [0.25, 0.3) is 0 Å². The number of hydrogen-bond acceptors (Lipinski definition) is 15. The number of unbranched alkanes of at least 4 members (excludes halogenated alkanes) is 34. The Balaban J connectivity index is 5.22. The van der Waals surface area contributed by atoms with Gasteiger partial charge in [-0.1, -0.05) is 279 Å². The molecule has 0 saturated carbocycles. The van der Waals surface area contributed by atoms with Crippen molar-refractivity contribution in [2.45, 2.75) is 349 Å². The fourth-order valence-electron chi connectivity index (χ4n) is 9.85. The van der Waals surface area contributed by atoms with Gasteiger partial charge in [-0.25, -0.2) is 9.13 Å². The van der Waals surface area contributed by atoms with Gasteiger partial charge in [0.15, 0.2) is 12.2 Å². The van der Waals surface area contributed by atoms with Gasteiger partial charge in [0, 0.05) is 25.7 Å². The number of carbonyl (C=O) groups excluding carboxylic acids is 4. The lowest BCUT2D eigenvalue weighted by molar-refractivity contribution is -0.161. The van der Waals surface area contributed by atoms with Gasteiger partial charge in [-0.3, -0.25) is 37.3 Å². The zero-order valence-corrected chi connectivity index (χ0v) is 56.7. The molecule has 17 nitrogen and oxygen atoms in total. The Morgan fingerprint density at radius 3 is 0.894 bits per heavy atom. The van der Waals surface area contributed by atoms with E-state index < -0.39 is 97.5 Å². The van der Waals surface area contributed by atoms with Crippen LogP contribution in [0.2, 0.25) is 0 Å². The SMILES string of the molecule is CCCCCCCCCCCCC(=O)O[C@H](COC(=O)CCCCCCCCC)COP(=O)(O)OC[C@H](O)COP(=O)(O)OC[C@@H](COC(=O)CCCCCCCCCCCCC(C)CC)OC(=O)CCCCCCCCCCCCCC(C)C. The average molecular weight is 1260 g/mol. The zero-order chi connectivity index (χ0) is 62.9. The fourth-order valence-corrected chi connectivity index (χ4v) is 11.4. The molecule has 0 rings (SSSR count). The maximum atomic E-state index is 13.0. The minimum Gasteiger partial charge on any atom is -0.462 e. The topological polar surface area (TPSA) is 237 Å². The van der Waals surface area contributed by atoms with E-state index in [-0.39, 0.29) is 25.7 Å². The van der Waals surface area contributed by atoms with E-state index in [1.165, 1.54) is 135 Å². The molecule has 0 spiro atoms. The number of aliphatic hydroxyl groups excluding tert-OH is 1. The second kappa shape index (κ2) is 58.4. The maximum absolute atomic E-state index is 13.0. The van der Waals surface area contributed by atoms with Gasteiger partial charge < -0.3 is 33.8 Å².